The molecular formula is C27H28F3N2O8PS2. The maximum Gasteiger partial charge on any atom is 0.416 e. The van der Waals surface area contributed by atoms with Crippen LogP contribution in [0, 0.1) is 0 Å². The first-order valence-corrected chi connectivity index (χ1v) is 17.4. The van der Waals surface area contributed by atoms with Crippen LogP contribution < -0.4 is 4.72 Å². The molecule has 232 valence electrons. The number of alkyl halides is 3. The third kappa shape index (κ3) is 9.85. The van der Waals surface area contributed by atoms with E-state index in [-0.39, 0.29) is 23.5 Å². The first kappa shape index (κ1) is 34.2. The summed E-state index contributed by atoms with van der Waals surface area (Å²) in [7, 11) is -11.0. The zero-order valence-electron chi connectivity index (χ0n) is 22.6. The van der Waals surface area contributed by atoms with Gasteiger partial charge in [-0.25, -0.2) is 21.6 Å². The van der Waals surface area contributed by atoms with Gasteiger partial charge < -0.3 is 14.7 Å². The van der Waals surface area contributed by atoms with Crippen LogP contribution in [0.4, 0.5) is 13.2 Å². The number of hydrogen-bond donors (Lipinski definition) is 3. The Bertz CT molecular complexity index is 1740. The number of halogens is 3. The third-order valence-electron chi connectivity index (χ3n) is 6.01. The summed E-state index contributed by atoms with van der Waals surface area (Å²) in [4.78, 5) is 31.4. The molecule has 3 aromatic rings. The topological polar surface area (TPSA) is 158 Å². The van der Waals surface area contributed by atoms with Gasteiger partial charge in [0.15, 0.2) is 0 Å². The number of benzene rings is 3. The molecule has 0 bridgehead atoms. The molecule has 1 amide bonds. The fraction of sp³-hybridized carbons (Fsp3) is 0.222. The number of rotatable bonds is 12. The summed E-state index contributed by atoms with van der Waals surface area (Å²) in [5.74, 6) is -1.20. The van der Waals surface area contributed by atoms with Crippen LogP contribution in [0.25, 0.3) is 6.08 Å². The van der Waals surface area contributed by atoms with E-state index in [1.165, 1.54) is 60.5 Å². The highest BCUT2D eigenvalue weighted by molar-refractivity contribution is 7.91. The molecule has 0 heterocycles. The largest absolute Gasteiger partial charge is 0.416 e. The summed E-state index contributed by atoms with van der Waals surface area (Å²) in [6.45, 7) is -0.281. The molecule has 0 atom stereocenters. The molecule has 3 rings (SSSR count). The van der Waals surface area contributed by atoms with Crippen LogP contribution in [0.15, 0.2) is 88.7 Å². The Labute approximate surface area is 247 Å². The van der Waals surface area contributed by atoms with E-state index in [1.54, 1.807) is 6.07 Å². The number of hydrogen-bond acceptors (Lipinski definition) is 6. The van der Waals surface area contributed by atoms with E-state index in [4.69, 9.17) is 9.79 Å². The molecular weight excluding hydrogens is 632 g/mol. The molecule has 3 aromatic carbocycles. The number of sulfone groups is 1. The minimum atomic E-state index is -4.83. The minimum Gasteiger partial charge on any atom is -0.340 e. The average Bonchev–Trinajstić information content (AvgIpc) is 2.91. The van der Waals surface area contributed by atoms with Crippen molar-refractivity contribution in [2.45, 2.75) is 22.1 Å². The first-order chi connectivity index (χ1) is 19.9. The van der Waals surface area contributed by atoms with Crippen molar-refractivity contribution in [3.05, 3.63) is 101 Å². The van der Waals surface area contributed by atoms with Gasteiger partial charge in [-0.3, -0.25) is 9.36 Å². The lowest BCUT2D eigenvalue weighted by Crippen LogP contribution is -2.36. The number of carbonyl (C=O) groups excluding carboxylic acids is 1. The van der Waals surface area contributed by atoms with Gasteiger partial charge in [0.2, 0.25) is 19.9 Å². The van der Waals surface area contributed by atoms with Crippen LogP contribution in [0.2, 0.25) is 0 Å². The van der Waals surface area contributed by atoms with Gasteiger partial charge in [0.05, 0.1) is 27.3 Å². The molecule has 10 nitrogen and oxygen atoms in total. The van der Waals surface area contributed by atoms with Gasteiger partial charge in [-0.05, 0) is 53.6 Å². The summed E-state index contributed by atoms with van der Waals surface area (Å²) in [6, 6.07) is 15.0. The van der Waals surface area contributed by atoms with Crippen LogP contribution >= 0.6 is 7.60 Å². The molecule has 43 heavy (non-hydrogen) atoms. The van der Waals surface area contributed by atoms with Crippen LogP contribution in [0.5, 0.6) is 0 Å². The second-order valence-corrected chi connectivity index (χ2v) is 14.8. The highest BCUT2D eigenvalue weighted by Crippen LogP contribution is 2.39. The zero-order valence-corrected chi connectivity index (χ0v) is 25.1. The van der Waals surface area contributed by atoms with E-state index < -0.39 is 67.5 Å². The lowest BCUT2D eigenvalue weighted by atomic mass is 10.1. The molecule has 0 radical (unpaired) electrons. The molecule has 0 aromatic heterocycles. The summed E-state index contributed by atoms with van der Waals surface area (Å²) < 4.78 is 105. The van der Waals surface area contributed by atoms with Crippen LogP contribution in [-0.2, 0) is 36.8 Å². The van der Waals surface area contributed by atoms with Gasteiger partial charge in [0.25, 0.3) is 5.91 Å². The monoisotopic (exact) mass is 660 g/mol. The number of nitrogens with zero attached hydrogens (tertiary/aromatic N) is 1. The molecule has 0 saturated heterocycles. The highest BCUT2D eigenvalue weighted by Gasteiger charge is 2.33. The smallest absolute Gasteiger partial charge is 0.340 e. The maximum atomic E-state index is 13.6. The molecule has 16 heteroatoms. The summed E-state index contributed by atoms with van der Waals surface area (Å²) in [5.41, 5.74) is -1.13. The number of nitrogens with one attached hydrogen (secondary N) is 1. The molecule has 0 aliphatic heterocycles. The van der Waals surface area contributed by atoms with Crippen molar-refractivity contribution >= 4 is 39.4 Å². The Morgan fingerprint density at radius 2 is 1.58 bits per heavy atom. The van der Waals surface area contributed by atoms with E-state index >= 15 is 0 Å². The number of carbonyl (C=O) groups is 1. The van der Waals surface area contributed by atoms with E-state index in [1.807, 2.05) is 0 Å². The SMILES string of the molecule is CN(CCNS(=O)(=O)CC=Cc1cc(S(=O)(=O)c2ccccc2)ccc1C(F)(F)F)C(=O)c1ccc(CP(=O)(O)O)cc1. The molecule has 3 N–H and O–H groups in total. The fourth-order valence-corrected chi connectivity index (χ4v) is 6.75. The predicted molar refractivity (Wildman–Crippen MR) is 153 cm³/mol. The van der Waals surface area contributed by atoms with Gasteiger partial charge in [0, 0.05) is 25.7 Å². The Hall–Kier alpha value is -3.33. The minimum absolute atomic E-state index is 0.0658. The van der Waals surface area contributed by atoms with Crippen molar-refractivity contribution in [1.82, 2.24) is 9.62 Å². The molecule has 0 spiro atoms. The third-order valence-corrected chi connectivity index (χ3v) is 9.83. The Morgan fingerprint density at radius 1 is 0.953 bits per heavy atom. The normalized spacial score (nSPS) is 12.9. The quantitative estimate of drug-likeness (QED) is 0.247. The second kappa shape index (κ2) is 13.5. The van der Waals surface area contributed by atoms with Gasteiger partial charge in [0.1, 0.15) is 0 Å². The molecule has 0 aliphatic carbocycles. The summed E-state index contributed by atoms with van der Waals surface area (Å²) in [5, 5.41) is 0. The average molecular weight is 661 g/mol. The van der Waals surface area contributed by atoms with Crippen molar-refractivity contribution in [2.75, 3.05) is 25.9 Å². The molecule has 0 saturated carbocycles. The highest BCUT2D eigenvalue weighted by atomic mass is 32.2. The summed E-state index contributed by atoms with van der Waals surface area (Å²) in [6.07, 6.45) is -3.47. The van der Waals surface area contributed by atoms with Crippen LogP contribution in [0.1, 0.15) is 27.0 Å². The standard InChI is InChI=1S/C27H28F3N2O8PS2/c1-32(26(33)21-11-9-20(10-12-21)19-41(34,35)36)16-15-31-42(37,38)17-5-6-22-18-24(13-14-25(22)27(28,29)30)43(39,40)23-7-3-2-4-8-23/h2-14,18,31H,15-17,19H2,1H3,(H2,34,35,36). The van der Waals surface area contributed by atoms with Gasteiger partial charge in [-0.1, -0.05) is 42.5 Å². The van der Waals surface area contributed by atoms with Crippen molar-refractivity contribution in [2.24, 2.45) is 0 Å². The number of amides is 1. The zero-order chi connectivity index (χ0) is 32.1. The predicted octanol–water partition coefficient (Wildman–Crippen LogP) is 3.92. The van der Waals surface area contributed by atoms with E-state index in [9.17, 15) is 39.4 Å². The van der Waals surface area contributed by atoms with Crippen molar-refractivity contribution in [3.8, 4) is 0 Å². The van der Waals surface area contributed by atoms with E-state index in [0.29, 0.717) is 11.6 Å². The van der Waals surface area contributed by atoms with E-state index in [2.05, 4.69) is 4.72 Å². The van der Waals surface area contributed by atoms with Gasteiger partial charge >= 0.3 is 13.8 Å². The van der Waals surface area contributed by atoms with Gasteiger partial charge in [-0.2, -0.15) is 13.2 Å². The fourth-order valence-electron chi connectivity index (χ4n) is 3.88. The first-order valence-electron chi connectivity index (χ1n) is 12.4. The maximum absolute atomic E-state index is 13.6. The van der Waals surface area contributed by atoms with Crippen molar-refractivity contribution in [3.63, 3.8) is 0 Å². The number of likely N-dealkylation sites (N-methyl/N-ethyl adjacent to an activating group) is 1. The second-order valence-electron chi connectivity index (χ2n) is 9.39. The molecule has 0 fully saturated rings. The number of sulfonamides is 1. The Kier molecular flexibility index (Phi) is 10.8. The van der Waals surface area contributed by atoms with Crippen LogP contribution in [-0.4, -0.2) is 63.3 Å². The Morgan fingerprint density at radius 3 is 2.16 bits per heavy atom. The van der Waals surface area contributed by atoms with Gasteiger partial charge in [-0.15, -0.1) is 0 Å². The molecule has 0 aliphatic rings. The summed E-state index contributed by atoms with van der Waals surface area (Å²) >= 11 is 0. The molecule has 0 unspecified atom stereocenters. The lowest BCUT2D eigenvalue weighted by molar-refractivity contribution is -0.137. The van der Waals surface area contributed by atoms with Crippen molar-refractivity contribution < 1.29 is 49.2 Å². The van der Waals surface area contributed by atoms with Crippen LogP contribution in [0.3, 0.4) is 0 Å². The van der Waals surface area contributed by atoms with E-state index in [0.717, 1.165) is 24.3 Å². The Balaban J connectivity index is 1.65. The lowest BCUT2D eigenvalue weighted by Gasteiger charge is -2.17. The van der Waals surface area contributed by atoms with Crippen molar-refractivity contribution in [1.29, 1.82) is 0 Å².